The summed E-state index contributed by atoms with van der Waals surface area (Å²) in [5.74, 6) is 0. The predicted molar refractivity (Wildman–Crippen MR) is 87.7 cm³/mol. The molecule has 2 rings (SSSR count). The van der Waals surface area contributed by atoms with Crippen molar-refractivity contribution in [2.24, 2.45) is 7.05 Å². The summed E-state index contributed by atoms with van der Waals surface area (Å²) in [5.41, 5.74) is 0.690. The van der Waals surface area contributed by atoms with Crippen molar-refractivity contribution < 1.29 is 9.53 Å². The molecular formula is C15H25N5O3. The molecule has 1 aromatic heterocycles. The number of anilines is 1. The van der Waals surface area contributed by atoms with E-state index in [4.69, 9.17) is 4.74 Å². The van der Waals surface area contributed by atoms with E-state index in [0.29, 0.717) is 26.2 Å². The minimum absolute atomic E-state index is 0.0271. The molecule has 0 aliphatic carbocycles. The Morgan fingerprint density at radius 3 is 2.96 bits per heavy atom. The second-order valence-corrected chi connectivity index (χ2v) is 5.59. The van der Waals surface area contributed by atoms with Crippen LogP contribution in [0.25, 0.3) is 0 Å². The van der Waals surface area contributed by atoms with Crippen LogP contribution < -0.4 is 21.1 Å². The van der Waals surface area contributed by atoms with Gasteiger partial charge in [0.05, 0.1) is 24.6 Å². The van der Waals surface area contributed by atoms with E-state index < -0.39 is 0 Å². The Kier molecular flexibility index (Phi) is 6.40. The third kappa shape index (κ3) is 5.24. The number of aryl methyl sites for hydroxylation is 1. The molecule has 0 unspecified atom stereocenters. The van der Waals surface area contributed by atoms with Gasteiger partial charge in [-0.25, -0.2) is 9.48 Å². The standard InChI is InChI=1S/C15H25N5O3/c1-3-5-16-15(22)17-6-4-13-11-20(7-8-23-13)12-9-14(21)19(2)18-10-12/h9-10,13H,3-8,11H2,1-2H3,(H2,16,17,22)/t13-/m0/s1. The maximum atomic E-state index is 11.7. The highest BCUT2D eigenvalue weighted by Gasteiger charge is 2.21. The average molecular weight is 323 g/mol. The summed E-state index contributed by atoms with van der Waals surface area (Å²) in [7, 11) is 1.63. The molecule has 0 saturated carbocycles. The fourth-order valence-corrected chi connectivity index (χ4v) is 2.41. The molecule has 2 heterocycles. The fraction of sp³-hybridized carbons (Fsp3) is 0.667. The summed E-state index contributed by atoms with van der Waals surface area (Å²) >= 11 is 0. The Morgan fingerprint density at radius 1 is 1.43 bits per heavy atom. The molecule has 8 nitrogen and oxygen atoms in total. The number of aromatic nitrogens is 2. The zero-order valence-electron chi connectivity index (χ0n) is 13.7. The zero-order valence-corrected chi connectivity index (χ0v) is 13.7. The van der Waals surface area contributed by atoms with Crippen molar-refractivity contribution in [1.82, 2.24) is 20.4 Å². The molecule has 1 fully saturated rings. The normalized spacial score (nSPS) is 17.8. The Labute approximate surface area is 135 Å². The first-order valence-electron chi connectivity index (χ1n) is 8.01. The number of rotatable bonds is 6. The van der Waals surface area contributed by atoms with Crippen molar-refractivity contribution in [2.45, 2.75) is 25.9 Å². The van der Waals surface area contributed by atoms with Crippen LogP contribution in [0.15, 0.2) is 17.1 Å². The van der Waals surface area contributed by atoms with Crippen molar-refractivity contribution in [1.29, 1.82) is 0 Å². The van der Waals surface area contributed by atoms with E-state index in [2.05, 4.69) is 20.6 Å². The van der Waals surface area contributed by atoms with E-state index in [1.807, 2.05) is 6.92 Å². The van der Waals surface area contributed by atoms with E-state index in [9.17, 15) is 9.59 Å². The predicted octanol–water partition coefficient (Wildman–Crippen LogP) is 0.0848. The number of ether oxygens (including phenoxy) is 1. The molecule has 128 valence electrons. The van der Waals surface area contributed by atoms with Gasteiger partial charge in [-0.2, -0.15) is 5.10 Å². The third-order valence-corrected chi connectivity index (χ3v) is 3.74. The number of morpholine rings is 1. The first-order valence-corrected chi connectivity index (χ1v) is 8.01. The van der Waals surface area contributed by atoms with E-state index in [1.54, 1.807) is 19.3 Å². The summed E-state index contributed by atoms with van der Waals surface area (Å²) in [5, 5.41) is 9.64. The van der Waals surface area contributed by atoms with Gasteiger partial charge >= 0.3 is 6.03 Å². The lowest BCUT2D eigenvalue weighted by atomic mass is 10.2. The second kappa shape index (κ2) is 8.52. The highest BCUT2D eigenvalue weighted by molar-refractivity contribution is 5.73. The van der Waals surface area contributed by atoms with Crippen LogP contribution >= 0.6 is 0 Å². The van der Waals surface area contributed by atoms with E-state index in [0.717, 1.165) is 25.1 Å². The maximum Gasteiger partial charge on any atom is 0.314 e. The van der Waals surface area contributed by atoms with Gasteiger partial charge in [0.2, 0.25) is 0 Å². The molecule has 0 spiro atoms. The van der Waals surface area contributed by atoms with Crippen LogP contribution in [0.1, 0.15) is 19.8 Å². The molecule has 0 radical (unpaired) electrons. The molecule has 8 heteroatoms. The number of nitrogens with zero attached hydrogens (tertiary/aromatic N) is 3. The van der Waals surface area contributed by atoms with E-state index in [-0.39, 0.29) is 17.7 Å². The monoisotopic (exact) mass is 323 g/mol. The van der Waals surface area contributed by atoms with Crippen LogP contribution in [0.4, 0.5) is 10.5 Å². The molecule has 1 atom stereocenters. The third-order valence-electron chi connectivity index (χ3n) is 3.74. The van der Waals surface area contributed by atoms with Crippen molar-refractivity contribution in [3.8, 4) is 0 Å². The van der Waals surface area contributed by atoms with Crippen molar-refractivity contribution in [2.75, 3.05) is 37.7 Å². The highest BCUT2D eigenvalue weighted by atomic mass is 16.5. The molecule has 2 N–H and O–H groups in total. The van der Waals surface area contributed by atoms with E-state index in [1.165, 1.54) is 4.68 Å². The van der Waals surface area contributed by atoms with Gasteiger partial charge in [0.25, 0.3) is 5.56 Å². The minimum Gasteiger partial charge on any atom is -0.374 e. The molecule has 23 heavy (non-hydrogen) atoms. The first-order chi connectivity index (χ1) is 11.1. The molecule has 1 aliphatic rings. The van der Waals surface area contributed by atoms with Gasteiger partial charge in [-0.3, -0.25) is 4.79 Å². The lowest BCUT2D eigenvalue weighted by molar-refractivity contribution is 0.0359. The molecule has 1 saturated heterocycles. The number of hydrogen-bond acceptors (Lipinski definition) is 5. The Balaban J connectivity index is 1.80. The van der Waals surface area contributed by atoms with Crippen LogP contribution in [-0.4, -0.2) is 54.7 Å². The summed E-state index contributed by atoms with van der Waals surface area (Å²) in [4.78, 5) is 25.3. The topological polar surface area (TPSA) is 88.5 Å². The largest absolute Gasteiger partial charge is 0.374 e. The fourth-order valence-electron chi connectivity index (χ4n) is 2.41. The Morgan fingerprint density at radius 2 is 2.22 bits per heavy atom. The maximum absolute atomic E-state index is 11.7. The van der Waals surface area contributed by atoms with Crippen LogP contribution in [0.5, 0.6) is 0 Å². The smallest absolute Gasteiger partial charge is 0.314 e. The van der Waals surface area contributed by atoms with Crippen molar-refractivity contribution in [3.05, 3.63) is 22.6 Å². The number of amides is 2. The summed E-state index contributed by atoms with van der Waals surface area (Å²) in [6.45, 7) is 5.26. The lowest BCUT2D eigenvalue weighted by Gasteiger charge is -2.34. The van der Waals surface area contributed by atoms with Gasteiger partial charge < -0.3 is 20.3 Å². The summed E-state index contributed by atoms with van der Waals surface area (Å²) in [6.07, 6.45) is 3.37. The molecular weight excluding hydrogens is 298 g/mol. The Hall–Kier alpha value is -2.09. The molecule has 0 bridgehead atoms. The highest BCUT2D eigenvalue weighted by Crippen LogP contribution is 2.16. The van der Waals surface area contributed by atoms with Crippen LogP contribution in [0, 0.1) is 0 Å². The number of hydrogen-bond donors (Lipinski definition) is 2. The number of urea groups is 1. The van der Waals surface area contributed by atoms with E-state index >= 15 is 0 Å². The van der Waals surface area contributed by atoms with Crippen LogP contribution in [0.2, 0.25) is 0 Å². The number of carbonyl (C=O) groups excluding carboxylic acids is 1. The number of nitrogens with one attached hydrogen (secondary N) is 2. The summed E-state index contributed by atoms with van der Waals surface area (Å²) < 4.78 is 7.04. The van der Waals surface area contributed by atoms with Crippen LogP contribution in [-0.2, 0) is 11.8 Å². The second-order valence-electron chi connectivity index (χ2n) is 5.59. The lowest BCUT2D eigenvalue weighted by Crippen LogP contribution is -2.45. The summed E-state index contributed by atoms with van der Waals surface area (Å²) in [6, 6.07) is 1.45. The number of carbonyl (C=O) groups is 1. The first kappa shape index (κ1) is 17.3. The minimum atomic E-state index is -0.143. The van der Waals surface area contributed by atoms with Crippen LogP contribution in [0.3, 0.4) is 0 Å². The SMILES string of the molecule is CCCNC(=O)NCC[C@H]1CN(c2cnn(C)c(=O)c2)CCO1. The van der Waals surface area contributed by atoms with Gasteiger partial charge in [0, 0.05) is 39.3 Å². The van der Waals surface area contributed by atoms with Crippen molar-refractivity contribution in [3.63, 3.8) is 0 Å². The molecule has 1 aliphatic heterocycles. The molecule has 2 amide bonds. The molecule has 0 aromatic carbocycles. The average Bonchev–Trinajstić information content (AvgIpc) is 2.56. The van der Waals surface area contributed by atoms with Gasteiger partial charge in [0.15, 0.2) is 0 Å². The van der Waals surface area contributed by atoms with Gasteiger partial charge in [-0.15, -0.1) is 0 Å². The van der Waals surface area contributed by atoms with Crippen molar-refractivity contribution >= 4 is 11.7 Å². The quantitative estimate of drug-likeness (QED) is 0.774. The molecule has 1 aromatic rings. The Bertz CT molecular complexity index is 574. The van der Waals surface area contributed by atoms with Gasteiger partial charge in [0.1, 0.15) is 0 Å². The zero-order chi connectivity index (χ0) is 16.7. The van der Waals surface area contributed by atoms with Gasteiger partial charge in [-0.05, 0) is 12.8 Å². The van der Waals surface area contributed by atoms with Gasteiger partial charge in [-0.1, -0.05) is 6.92 Å².